The topological polar surface area (TPSA) is 139 Å². The fourth-order valence-corrected chi connectivity index (χ4v) is 4.23. The highest BCUT2D eigenvalue weighted by molar-refractivity contribution is 5.92. The summed E-state index contributed by atoms with van der Waals surface area (Å²) in [5.74, 6) is -1.21. The summed E-state index contributed by atoms with van der Waals surface area (Å²) in [6.45, 7) is 0.801. The van der Waals surface area contributed by atoms with Crippen molar-refractivity contribution >= 4 is 17.8 Å². The average molecular weight is 383 g/mol. The molecule has 8 heteroatoms. The number of nitrogens with two attached hydrogens (primary N) is 2. The summed E-state index contributed by atoms with van der Waals surface area (Å²) in [6.07, 6.45) is 8.50. The van der Waals surface area contributed by atoms with E-state index in [-0.39, 0.29) is 11.8 Å². The third-order valence-corrected chi connectivity index (χ3v) is 5.78. The van der Waals surface area contributed by atoms with Crippen molar-refractivity contribution in [2.75, 3.05) is 13.1 Å². The number of hydrogen-bond donors (Lipinski definition) is 4. The highest BCUT2D eigenvalue weighted by Crippen LogP contribution is 2.27. The standard InChI is InChI=1S/C19H34N4O4/c20-10-4-8-15(18(25)23-11-5-9-16(23)19(26)27)22-17(24)14(21)12-13-6-2-1-3-7-13/h13-16H,1-12,20-21H2,(H,22,24)(H,26,27)/t14-,15-,16-/m0/s1. The molecule has 0 aromatic heterocycles. The van der Waals surface area contributed by atoms with Gasteiger partial charge in [0.2, 0.25) is 11.8 Å². The molecule has 1 saturated heterocycles. The van der Waals surface area contributed by atoms with Gasteiger partial charge in [-0.1, -0.05) is 32.1 Å². The van der Waals surface area contributed by atoms with Gasteiger partial charge in [0.1, 0.15) is 12.1 Å². The zero-order chi connectivity index (χ0) is 19.8. The Morgan fingerprint density at radius 3 is 2.44 bits per heavy atom. The van der Waals surface area contributed by atoms with Crippen LogP contribution in [0.25, 0.3) is 0 Å². The Bertz CT molecular complexity index is 522. The lowest BCUT2D eigenvalue weighted by Crippen LogP contribution is -2.54. The second-order valence-electron chi connectivity index (χ2n) is 7.87. The van der Waals surface area contributed by atoms with Gasteiger partial charge in [0.05, 0.1) is 6.04 Å². The first-order chi connectivity index (χ1) is 12.9. The number of likely N-dealkylation sites (tertiary alicyclic amines) is 1. The normalized spacial score (nSPS) is 23.0. The van der Waals surface area contributed by atoms with Gasteiger partial charge < -0.3 is 26.8 Å². The number of aliphatic carboxylic acids is 1. The molecule has 0 aromatic carbocycles. The van der Waals surface area contributed by atoms with E-state index < -0.39 is 24.1 Å². The molecule has 0 unspecified atom stereocenters. The maximum atomic E-state index is 12.9. The Morgan fingerprint density at radius 2 is 1.81 bits per heavy atom. The molecule has 0 aromatic rings. The molecule has 0 spiro atoms. The van der Waals surface area contributed by atoms with E-state index in [1.807, 2.05) is 0 Å². The zero-order valence-electron chi connectivity index (χ0n) is 16.1. The lowest BCUT2D eigenvalue weighted by atomic mass is 9.85. The van der Waals surface area contributed by atoms with E-state index in [1.54, 1.807) is 0 Å². The number of carbonyl (C=O) groups excluding carboxylic acids is 2. The van der Waals surface area contributed by atoms with Gasteiger partial charge in [-0.15, -0.1) is 0 Å². The van der Waals surface area contributed by atoms with Crippen molar-refractivity contribution in [1.29, 1.82) is 0 Å². The number of nitrogens with zero attached hydrogens (tertiary/aromatic N) is 1. The summed E-state index contributed by atoms with van der Waals surface area (Å²) in [5, 5.41) is 12.1. The molecule has 2 amide bonds. The molecule has 2 fully saturated rings. The number of carboxylic acid groups (broad SMARTS) is 1. The molecule has 1 aliphatic carbocycles. The van der Waals surface area contributed by atoms with E-state index in [2.05, 4.69) is 5.32 Å². The summed E-state index contributed by atoms with van der Waals surface area (Å²) in [6, 6.07) is -2.22. The van der Waals surface area contributed by atoms with Crippen LogP contribution >= 0.6 is 0 Å². The van der Waals surface area contributed by atoms with Crippen molar-refractivity contribution in [2.45, 2.75) is 82.3 Å². The smallest absolute Gasteiger partial charge is 0.326 e. The number of rotatable bonds is 9. The fourth-order valence-electron chi connectivity index (χ4n) is 4.23. The molecular formula is C19H34N4O4. The number of carboxylic acids is 1. The monoisotopic (exact) mass is 382 g/mol. The van der Waals surface area contributed by atoms with Gasteiger partial charge in [-0.05, 0) is 44.6 Å². The minimum absolute atomic E-state index is 0.331. The Balaban J connectivity index is 1.96. The fraction of sp³-hybridized carbons (Fsp3) is 0.842. The molecular weight excluding hydrogens is 348 g/mol. The van der Waals surface area contributed by atoms with Gasteiger partial charge in [0, 0.05) is 6.54 Å². The second kappa shape index (κ2) is 10.6. The Morgan fingerprint density at radius 1 is 1.11 bits per heavy atom. The van der Waals surface area contributed by atoms with Gasteiger partial charge in [0.25, 0.3) is 0 Å². The van der Waals surface area contributed by atoms with Gasteiger partial charge in [0.15, 0.2) is 0 Å². The molecule has 8 nitrogen and oxygen atoms in total. The van der Waals surface area contributed by atoms with Crippen LogP contribution in [0.4, 0.5) is 0 Å². The number of amides is 2. The quantitative estimate of drug-likeness (QED) is 0.460. The minimum atomic E-state index is -1.00. The second-order valence-corrected chi connectivity index (χ2v) is 7.87. The lowest BCUT2D eigenvalue weighted by molar-refractivity contribution is -0.149. The van der Waals surface area contributed by atoms with Crippen molar-refractivity contribution in [3.05, 3.63) is 0 Å². The lowest BCUT2D eigenvalue weighted by Gasteiger charge is -2.29. The zero-order valence-corrected chi connectivity index (χ0v) is 16.1. The first-order valence-electron chi connectivity index (χ1n) is 10.2. The predicted molar refractivity (Wildman–Crippen MR) is 102 cm³/mol. The largest absolute Gasteiger partial charge is 0.480 e. The highest BCUT2D eigenvalue weighted by Gasteiger charge is 2.37. The molecule has 3 atom stereocenters. The first-order valence-corrected chi connectivity index (χ1v) is 10.2. The van der Waals surface area contributed by atoms with E-state index in [4.69, 9.17) is 11.5 Å². The van der Waals surface area contributed by atoms with Crippen LogP contribution in [0.5, 0.6) is 0 Å². The Hall–Kier alpha value is -1.67. The SMILES string of the molecule is NCCC[C@H](NC(=O)[C@@H](N)CC1CCCCC1)C(=O)N1CCC[C@H]1C(=O)O. The van der Waals surface area contributed by atoms with Crippen LogP contribution < -0.4 is 16.8 Å². The molecule has 0 bridgehead atoms. The van der Waals surface area contributed by atoms with Crippen molar-refractivity contribution in [1.82, 2.24) is 10.2 Å². The van der Waals surface area contributed by atoms with E-state index in [0.717, 1.165) is 12.8 Å². The van der Waals surface area contributed by atoms with Crippen molar-refractivity contribution in [2.24, 2.45) is 17.4 Å². The third kappa shape index (κ3) is 6.17. The van der Waals surface area contributed by atoms with E-state index in [1.165, 1.54) is 24.2 Å². The number of nitrogens with one attached hydrogen (secondary N) is 1. The molecule has 0 radical (unpaired) electrons. The molecule has 6 N–H and O–H groups in total. The van der Waals surface area contributed by atoms with Gasteiger partial charge >= 0.3 is 5.97 Å². The van der Waals surface area contributed by atoms with Crippen LogP contribution in [0.3, 0.4) is 0 Å². The van der Waals surface area contributed by atoms with Crippen LogP contribution in [-0.2, 0) is 14.4 Å². The Labute approximate surface area is 161 Å². The number of carbonyl (C=O) groups is 3. The van der Waals surface area contributed by atoms with E-state index in [9.17, 15) is 19.5 Å². The highest BCUT2D eigenvalue weighted by atomic mass is 16.4. The summed E-state index contributed by atoms with van der Waals surface area (Å²) in [5.41, 5.74) is 11.7. The maximum absolute atomic E-state index is 12.9. The van der Waals surface area contributed by atoms with Gasteiger partial charge in [-0.2, -0.15) is 0 Å². The molecule has 154 valence electrons. The molecule has 2 aliphatic rings. The van der Waals surface area contributed by atoms with Gasteiger partial charge in [-0.3, -0.25) is 9.59 Å². The molecule has 1 heterocycles. The van der Waals surface area contributed by atoms with Crippen molar-refractivity contribution in [3.63, 3.8) is 0 Å². The van der Waals surface area contributed by atoms with Crippen LogP contribution in [0, 0.1) is 5.92 Å². The Kier molecular flexibility index (Phi) is 8.50. The predicted octanol–water partition coefficient (Wildman–Crippen LogP) is 0.583. The van der Waals surface area contributed by atoms with Gasteiger partial charge in [-0.25, -0.2) is 4.79 Å². The van der Waals surface area contributed by atoms with Crippen LogP contribution in [0.1, 0.15) is 64.2 Å². The average Bonchev–Trinajstić information content (AvgIpc) is 3.15. The third-order valence-electron chi connectivity index (χ3n) is 5.78. The molecule has 1 aliphatic heterocycles. The van der Waals surface area contributed by atoms with E-state index in [0.29, 0.717) is 51.1 Å². The molecule has 27 heavy (non-hydrogen) atoms. The van der Waals surface area contributed by atoms with Crippen LogP contribution in [-0.4, -0.2) is 59.0 Å². The maximum Gasteiger partial charge on any atom is 0.326 e. The summed E-state index contributed by atoms with van der Waals surface area (Å²) in [7, 11) is 0. The summed E-state index contributed by atoms with van der Waals surface area (Å²) < 4.78 is 0. The minimum Gasteiger partial charge on any atom is -0.480 e. The first kappa shape index (κ1) is 21.6. The van der Waals surface area contributed by atoms with E-state index >= 15 is 0 Å². The van der Waals surface area contributed by atoms with Crippen molar-refractivity contribution in [3.8, 4) is 0 Å². The summed E-state index contributed by atoms with van der Waals surface area (Å²) in [4.78, 5) is 38.2. The molecule has 1 saturated carbocycles. The van der Waals surface area contributed by atoms with Crippen LogP contribution in [0.15, 0.2) is 0 Å². The molecule has 2 rings (SSSR count). The summed E-state index contributed by atoms with van der Waals surface area (Å²) >= 11 is 0. The van der Waals surface area contributed by atoms with Crippen molar-refractivity contribution < 1.29 is 19.5 Å². The van der Waals surface area contributed by atoms with Crippen LogP contribution in [0.2, 0.25) is 0 Å². The number of hydrogen-bond acceptors (Lipinski definition) is 5.